The molecule has 316 valence electrons. The number of amides is 1. The van der Waals surface area contributed by atoms with Crippen LogP contribution in [0.3, 0.4) is 0 Å². The van der Waals surface area contributed by atoms with Crippen LogP contribution in [0.2, 0.25) is 0 Å². The lowest BCUT2D eigenvalue weighted by Crippen LogP contribution is -2.56. The van der Waals surface area contributed by atoms with Gasteiger partial charge in [-0.05, 0) is 143 Å². The molecule has 3 nitrogen and oxygen atoms in total. The number of unbranched alkanes of at least 4 members (excludes halogenated alkanes) is 18. The first kappa shape index (κ1) is 46.1. The Balaban J connectivity index is 1.10. The predicted octanol–water partition coefficient (Wildman–Crippen LogP) is 15.2. The summed E-state index contributed by atoms with van der Waals surface area (Å²) in [5, 5.41) is 3.35. The topological polar surface area (TPSA) is 32.3 Å². The van der Waals surface area contributed by atoms with Gasteiger partial charge < -0.3 is 10.2 Å². The molecule has 0 aliphatic heterocycles. The molecule has 3 heteroatoms. The molecule has 4 aliphatic carbocycles. The second-order valence-corrected chi connectivity index (χ2v) is 20.7. The van der Waals surface area contributed by atoms with E-state index in [9.17, 15) is 4.79 Å². The fourth-order valence-electron chi connectivity index (χ4n) is 13.3. The number of hydrogen-bond donors (Lipinski definition) is 1. The van der Waals surface area contributed by atoms with Crippen LogP contribution in [0.5, 0.6) is 0 Å². The number of nitrogens with zero attached hydrogens (tertiary/aromatic N) is 1. The van der Waals surface area contributed by atoms with Gasteiger partial charge in [0.05, 0.1) is 0 Å². The summed E-state index contributed by atoms with van der Waals surface area (Å²) in [5.41, 5.74) is 1.72. The Morgan fingerprint density at radius 3 is 1.69 bits per heavy atom. The number of carbonyl (C=O) groups excluding carboxylic acids is 1. The summed E-state index contributed by atoms with van der Waals surface area (Å²) >= 11 is 0. The van der Waals surface area contributed by atoms with Crippen molar-refractivity contribution in [1.29, 1.82) is 0 Å². The van der Waals surface area contributed by atoms with Crippen LogP contribution in [0, 0.1) is 39.9 Å². The van der Waals surface area contributed by atoms with E-state index in [0.29, 0.717) is 22.2 Å². The van der Waals surface area contributed by atoms with Crippen molar-refractivity contribution < 1.29 is 4.79 Å². The maximum absolute atomic E-state index is 13.0. The quantitative estimate of drug-likeness (QED) is 0.0741. The molecule has 4 rings (SSSR count). The lowest BCUT2D eigenvalue weighted by atomic mass is 9.40. The van der Waals surface area contributed by atoms with Crippen LogP contribution in [-0.2, 0) is 4.79 Å². The molecule has 4 aliphatic rings. The molecule has 7 unspecified atom stereocenters. The van der Waals surface area contributed by atoms with Crippen LogP contribution >= 0.6 is 0 Å². The average molecular weight is 753 g/mol. The van der Waals surface area contributed by atoms with Gasteiger partial charge in [-0.15, -0.1) is 0 Å². The second kappa shape index (κ2) is 25.0. The Kier molecular flexibility index (Phi) is 21.4. The van der Waals surface area contributed by atoms with Crippen LogP contribution in [-0.4, -0.2) is 37.0 Å². The monoisotopic (exact) mass is 753 g/mol. The molecule has 1 N–H and O–H groups in total. The summed E-state index contributed by atoms with van der Waals surface area (Å²) in [6, 6.07) is 0. The Morgan fingerprint density at radius 2 is 1.09 bits per heavy atom. The summed E-state index contributed by atoms with van der Waals surface area (Å²) in [6.07, 6.45) is 47.1. The zero-order valence-corrected chi connectivity index (χ0v) is 37.5. The number of hydrogen-bond acceptors (Lipinski definition) is 2. The third-order valence-electron chi connectivity index (χ3n) is 17.1. The van der Waals surface area contributed by atoms with Gasteiger partial charge in [0.15, 0.2) is 0 Å². The first-order valence-corrected chi connectivity index (χ1v) is 25.3. The van der Waals surface area contributed by atoms with Crippen LogP contribution in [0.25, 0.3) is 0 Å². The van der Waals surface area contributed by atoms with Gasteiger partial charge in [-0.25, -0.2) is 0 Å². The van der Waals surface area contributed by atoms with Crippen LogP contribution in [0.1, 0.15) is 253 Å². The van der Waals surface area contributed by atoms with Gasteiger partial charge in [-0.2, -0.15) is 0 Å². The van der Waals surface area contributed by atoms with Gasteiger partial charge in [0, 0.05) is 13.0 Å². The highest BCUT2D eigenvalue weighted by Crippen LogP contribution is 2.71. The highest BCUT2D eigenvalue weighted by molar-refractivity contribution is 5.75. The number of rotatable bonds is 30. The van der Waals surface area contributed by atoms with Crippen LogP contribution in [0.15, 0.2) is 0 Å². The molecule has 0 aromatic rings. The van der Waals surface area contributed by atoms with E-state index in [1.165, 1.54) is 212 Å². The highest BCUT2D eigenvalue weighted by atomic mass is 16.1. The lowest BCUT2D eigenvalue weighted by Gasteiger charge is -2.64. The molecule has 0 radical (unpaired) electrons. The average Bonchev–Trinajstić information content (AvgIpc) is 3.50. The third-order valence-corrected chi connectivity index (χ3v) is 17.1. The van der Waals surface area contributed by atoms with E-state index in [1.54, 1.807) is 0 Å². The lowest BCUT2D eigenvalue weighted by molar-refractivity contribution is -0.152. The first-order chi connectivity index (χ1) is 26.3. The summed E-state index contributed by atoms with van der Waals surface area (Å²) in [4.78, 5) is 15.8. The zero-order chi connectivity index (χ0) is 38.5. The van der Waals surface area contributed by atoms with Gasteiger partial charge in [0.25, 0.3) is 0 Å². The molecule has 7 atom stereocenters. The van der Waals surface area contributed by atoms with Crippen molar-refractivity contribution in [1.82, 2.24) is 10.2 Å². The molecule has 54 heavy (non-hydrogen) atoms. The summed E-state index contributed by atoms with van der Waals surface area (Å²) < 4.78 is 0. The molecule has 4 saturated carbocycles. The van der Waals surface area contributed by atoms with E-state index in [0.717, 1.165) is 56.0 Å². The second-order valence-electron chi connectivity index (χ2n) is 20.7. The molecular weight excluding hydrogens is 657 g/mol. The zero-order valence-electron chi connectivity index (χ0n) is 37.5. The van der Waals surface area contributed by atoms with Crippen LogP contribution in [0.4, 0.5) is 0 Å². The molecule has 0 saturated heterocycles. The predicted molar refractivity (Wildman–Crippen MR) is 236 cm³/mol. The summed E-state index contributed by atoms with van der Waals surface area (Å²) in [5.74, 6) is 4.05. The van der Waals surface area contributed by atoms with Crippen molar-refractivity contribution in [3.63, 3.8) is 0 Å². The minimum Gasteiger partial charge on any atom is -0.356 e. The van der Waals surface area contributed by atoms with Gasteiger partial charge in [-0.1, -0.05) is 163 Å². The fraction of sp³-hybridized carbons (Fsp3) is 0.980. The normalized spacial score (nSPS) is 30.6. The number of fused-ring (bicyclic) bond motifs is 5. The Bertz CT molecular complexity index is 972. The molecular formula is C51H96N2O. The van der Waals surface area contributed by atoms with Crippen molar-refractivity contribution in [3.05, 3.63) is 0 Å². The van der Waals surface area contributed by atoms with E-state index in [-0.39, 0.29) is 0 Å². The van der Waals surface area contributed by atoms with Gasteiger partial charge >= 0.3 is 0 Å². The maximum atomic E-state index is 13.0. The molecule has 4 fully saturated rings. The minimum atomic E-state index is 0.311. The van der Waals surface area contributed by atoms with Gasteiger partial charge in [0.1, 0.15) is 0 Å². The summed E-state index contributed by atoms with van der Waals surface area (Å²) in [7, 11) is 0. The van der Waals surface area contributed by atoms with E-state index in [4.69, 9.17) is 0 Å². The number of nitrogens with one attached hydrogen (secondary N) is 1. The van der Waals surface area contributed by atoms with E-state index in [2.05, 4.69) is 44.8 Å². The van der Waals surface area contributed by atoms with E-state index < -0.39 is 0 Å². The SMILES string of the molecule is CCCCCCCCCCCCN(CCCCCCCCCCCC)CCCNC(=O)CCCC1CCC2C3CCC4(C)CCCCC4(C)C3CCC12C. The Morgan fingerprint density at radius 1 is 0.556 bits per heavy atom. The smallest absolute Gasteiger partial charge is 0.219 e. The molecule has 1 amide bonds. The fourth-order valence-corrected chi connectivity index (χ4v) is 13.3. The molecule has 0 aromatic heterocycles. The van der Waals surface area contributed by atoms with Crippen molar-refractivity contribution >= 4 is 5.91 Å². The maximum Gasteiger partial charge on any atom is 0.219 e. The molecule has 0 heterocycles. The summed E-state index contributed by atoms with van der Waals surface area (Å²) in [6.45, 7) is 17.2. The standard InChI is InChI=1S/C51H96N2O/c1-6-8-10-12-14-16-18-20-22-26-41-53(42-27-23-21-19-17-15-13-11-9-7-2)43-29-40-52-48(54)31-28-30-44-32-33-46-45-34-38-49(3)36-24-25-37-51(49,5)47(45)35-39-50(44,46)4/h44-47H,6-43H2,1-5H3,(H,52,54). The molecule has 0 spiro atoms. The molecule has 0 bridgehead atoms. The van der Waals surface area contributed by atoms with Crippen molar-refractivity contribution in [2.24, 2.45) is 39.9 Å². The van der Waals surface area contributed by atoms with E-state index >= 15 is 0 Å². The Labute approximate surface area is 338 Å². The third kappa shape index (κ3) is 13.8. The van der Waals surface area contributed by atoms with Crippen molar-refractivity contribution in [3.8, 4) is 0 Å². The van der Waals surface area contributed by atoms with E-state index in [1.807, 2.05) is 0 Å². The van der Waals surface area contributed by atoms with Crippen molar-refractivity contribution in [2.75, 3.05) is 26.2 Å². The van der Waals surface area contributed by atoms with Crippen LogP contribution < -0.4 is 5.32 Å². The van der Waals surface area contributed by atoms with Gasteiger partial charge in [-0.3, -0.25) is 4.79 Å². The Hall–Kier alpha value is -0.570. The largest absolute Gasteiger partial charge is 0.356 e. The van der Waals surface area contributed by atoms with Crippen molar-refractivity contribution in [2.45, 2.75) is 253 Å². The first-order valence-electron chi connectivity index (χ1n) is 25.3. The number of carbonyl (C=O) groups is 1. The molecule has 0 aromatic carbocycles. The highest BCUT2D eigenvalue weighted by Gasteiger charge is 2.62. The van der Waals surface area contributed by atoms with Gasteiger partial charge in [0.2, 0.25) is 5.91 Å². The minimum absolute atomic E-state index is 0.311.